The third-order valence-electron chi connectivity index (χ3n) is 4.00. The van der Waals surface area contributed by atoms with Gasteiger partial charge in [-0.15, -0.1) is 4.59 Å². The van der Waals surface area contributed by atoms with Crippen molar-refractivity contribution in [1.29, 1.82) is 0 Å². The van der Waals surface area contributed by atoms with Crippen molar-refractivity contribution in [3.8, 4) is 0 Å². The minimum atomic E-state index is -0.388. The van der Waals surface area contributed by atoms with Crippen LogP contribution < -0.4 is 5.11 Å². The molecule has 1 aliphatic rings. The molecule has 0 aromatic heterocycles. The van der Waals surface area contributed by atoms with Crippen molar-refractivity contribution in [2.24, 2.45) is 5.10 Å². The van der Waals surface area contributed by atoms with Crippen molar-refractivity contribution in [1.82, 2.24) is 4.90 Å². The number of hydrogen-bond donors (Lipinski definition) is 0. The van der Waals surface area contributed by atoms with Crippen LogP contribution in [0.15, 0.2) is 5.10 Å². The molecular weight excluding hydrogens is 266 g/mol. The maximum absolute atomic E-state index is 11.9. The lowest BCUT2D eigenvalue weighted by Crippen LogP contribution is -2.46. The highest BCUT2D eigenvalue weighted by Crippen LogP contribution is 2.16. The van der Waals surface area contributed by atoms with E-state index in [1.807, 2.05) is 0 Å². The average molecular weight is 297 g/mol. The molecule has 0 radical (unpaired) electrons. The van der Waals surface area contributed by atoms with Crippen LogP contribution in [0.3, 0.4) is 0 Å². The van der Waals surface area contributed by atoms with Gasteiger partial charge < -0.3 is 5.11 Å². The molecule has 0 unspecified atom stereocenters. The quantitative estimate of drug-likeness (QED) is 0.435. The van der Waals surface area contributed by atoms with Crippen LogP contribution in [0.1, 0.15) is 71.1 Å². The Bertz CT molecular complexity index is 353. The fraction of sp³-hybridized carbons (Fsp3) is 0.875. The van der Waals surface area contributed by atoms with Gasteiger partial charge in [-0.2, -0.15) is 0 Å². The second-order valence-electron chi connectivity index (χ2n) is 6.39. The van der Waals surface area contributed by atoms with Gasteiger partial charge in [-0.05, 0) is 6.42 Å². The Kier molecular flexibility index (Phi) is 7.72. The molecule has 5 nitrogen and oxygen atoms in total. The van der Waals surface area contributed by atoms with E-state index < -0.39 is 0 Å². The first-order valence-corrected chi connectivity index (χ1v) is 8.42. The molecule has 0 atom stereocenters. The summed E-state index contributed by atoms with van der Waals surface area (Å²) in [7, 11) is 3.28. The predicted octanol–water partition coefficient (Wildman–Crippen LogP) is 3.05. The van der Waals surface area contributed by atoms with Gasteiger partial charge in [0.05, 0.1) is 0 Å². The van der Waals surface area contributed by atoms with Crippen molar-refractivity contribution in [3.05, 3.63) is 0 Å². The van der Waals surface area contributed by atoms with Gasteiger partial charge in [-0.3, -0.25) is 4.90 Å². The molecule has 0 saturated heterocycles. The third kappa shape index (κ3) is 6.04. The largest absolute Gasteiger partial charge is 0.842 e. The molecule has 1 aliphatic heterocycles. The first kappa shape index (κ1) is 18.0. The Hall–Kier alpha value is -1.10. The van der Waals surface area contributed by atoms with E-state index in [4.69, 9.17) is 0 Å². The van der Waals surface area contributed by atoms with Crippen LogP contribution in [0.4, 0.5) is 4.79 Å². The van der Waals surface area contributed by atoms with E-state index in [-0.39, 0.29) is 16.6 Å². The number of nitrogens with zero attached hydrogens (tertiary/aromatic N) is 3. The molecule has 5 heteroatoms. The van der Waals surface area contributed by atoms with Gasteiger partial charge >= 0.3 is 6.03 Å². The van der Waals surface area contributed by atoms with E-state index in [0.29, 0.717) is 6.54 Å². The van der Waals surface area contributed by atoms with Crippen molar-refractivity contribution in [3.63, 3.8) is 0 Å². The number of urea groups is 1. The third-order valence-corrected chi connectivity index (χ3v) is 4.00. The summed E-state index contributed by atoms with van der Waals surface area (Å²) in [4.78, 5) is 13.2. The highest BCUT2D eigenvalue weighted by atomic mass is 16.3. The topological polar surface area (TPSA) is 55.7 Å². The maximum atomic E-state index is 11.9. The van der Waals surface area contributed by atoms with Crippen LogP contribution in [0, 0.1) is 0 Å². The molecule has 0 aromatic rings. The van der Waals surface area contributed by atoms with Gasteiger partial charge in [-0.1, -0.05) is 69.8 Å². The van der Waals surface area contributed by atoms with Crippen LogP contribution in [0.2, 0.25) is 0 Å². The molecule has 0 N–H and O–H groups in total. The summed E-state index contributed by atoms with van der Waals surface area (Å²) in [6.45, 7) is 2.75. The Morgan fingerprint density at radius 1 is 0.952 bits per heavy atom. The lowest BCUT2D eigenvalue weighted by Gasteiger charge is -2.19. The number of carbonyl (C=O) groups is 1. The normalized spacial score (nSPS) is 17.4. The molecule has 0 aromatic carbocycles. The Balaban J connectivity index is 2.00. The minimum Gasteiger partial charge on any atom is -0.842 e. The van der Waals surface area contributed by atoms with Crippen LogP contribution in [0.25, 0.3) is 0 Å². The minimum absolute atomic E-state index is 0.198. The first-order chi connectivity index (χ1) is 9.99. The van der Waals surface area contributed by atoms with E-state index >= 15 is 0 Å². The van der Waals surface area contributed by atoms with Gasteiger partial charge in [0.25, 0.3) is 0 Å². The van der Waals surface area contributed by atoms with E-state index in [1.165, 1.54) is 56.3 Å². The smallest absolute Gasteiger partial charge is 0.450 e. The Labute approximate surface area is 129 Å². The molecule has 2 amide bonds. The van der Waals surface area contributed by atoms with Crippen molar-refractivity contribution in [2.75, 3.05) is 20.6 Å². The number of amidine groups is 1. The summed E-state index contributed by atoms with van der Waals surface area (Å²) in [5.74, 6) is 0. The highest BCUT2D eigenvalue weighted by Gasteiger charge is 2.39. The van der Waals surface area contributed by atoms with E-state index in [9.17, 15) is 9.90 Å². The van der Waals surface area contributed by atoms with Gasteiger partial charge in [-0.25, -0.2) is 4.79 Å². The molecule has 21 heavy (non-hydrogen) atoms. The molecule has 1 rings (SSSR count). The molecule has 0 bridgehead atoms. The fourth-order valence-corrected chi connectivity index (χ4v) is 2.64. The van der Waals surface area contributed by atoms with Crippen LogP contribution >= 0.6 is 0 Å². The number of amides is 2. The molecule has 0 spiro atoms. The van der Waals surface area contributed by atoms with E-state index in [1.54, 1.807) is 14.1 Å². The zero-order valence-corrected chi connectivity index (χ0v) is 13.9. The molecule has 1 heterocycles. The number of carbonyl (C=O) groups excluding carboxylic acids is 1. The lowest BCUT2D eigenvalue weighted by molar-refractivity contribution is -0.813. The first-order valence-electron chi connectivity index (χ1n) is 8.42. The van der Waals surface area contributed by atoms with Gasteiger partial charge in [0.1, 0.15) is 20.1 Å². The fourth-order valence-electron chi connectivity index (χ4n) is 2.64. The van der Waals surface area contributed by atoms with Crippen molar-refractivity contribution < 1.29 is 14.5 Å². The van der Waals surface area contributed by atoms with Crippen LogP contribution in [0.5, 0.6) is 0 Å². The van der Waals surface area contributed by atoms with E-state index in [2.05, 4.69) is 12.0 Å². The molecule has 0 aliphatic carbocycles. The summed E-state index contributed by atoms with van der Waals surface area (Å²) >= 11 is 0. The van der Waals surface area contributed by atoms with Gasteiger partial charge in [0.15, 0.2) is 0 Å². The lowest BCUT2D eigenvalue weighted by atomic mass is 10.1. The van der Waals surface area contributed by atoms with Crippen LogP contribution in [-0.4, -0.2) is 42.2 Å². The number of hydrogen-bond acceptors (Lipinski definition) is 3. The Morgan fingerprint density at radius 2 is 1.43 bits per heavy atom. The molecule has 0 fully saturated rings. The van der Waals surface area contributed by atoms with Crippen LogP contribution in [-0.2, 0) is 0 Å². The van der Waals surface area contributed by atoms with E-state index in [0.717, 1.165) is 12.8 Å². The van der Waals surface area contributed by atoms with Gasteiger partial charge in [0, 0.05) is 6.54 Å². The zero-order valence-electron chi connectivity index (χ0n) is 13.9. The van der Waals surface area contributed by atoms with Crippen molar-refractivity contribution >= 4 is 12.1 Å². The molecule has 0 saturated carbocycles. The summed E-state index contributed by atoms with van der Waals surface area (Å²) in [5, 5.41) is 15.4. The predicted molar refractivity (Wildman–Crippen MR) is 83.5 cm³/mol. The highest BCUT2D eigenvalue weighted by molar-refractivity contribution is 5.91. The summed E-state index contributed by atoms with van der Waals surface area (Å²) in [5.41, 5.74) is 0. The monoisotopic (exact) mass is 297 g/mol. The number of unbranched alkanes of at least 4 members (excludes halogenated alkanes) is 9. The summed E-state index contributed by atoms with van der Waals surface area (Å²) in [6.07, 6.45) is 12.5. The van der Waals surface area contributed by atoms with Gasteiger partial charge in [0.2, 0.25) is 0 Å². The average Bonchev–Trinajstić information content (AvgIpc) is 2.62. The molecular formula is C16H31N3O2. The SMILES string of the molecule is CCCCCCCCCCCCN1C(=O)[N+](C)(C)N=C1[O-]. The standard InChI is InChI=1S/C16H31N3O2/c1-4-5-6-7-8-9-10-11-12-13-14-18-15(20)17-19(2,3)16(18)21/h4-14H2,1-3H3. The second kappa shape index (κ2) is 9.03. The number of rotatable bonds is 11. The summed E-state index contributed by atoms with van der Waals surface area (Å²) in [6, 6.07) is -0.600. The summed E-state index contributed by atoms with van der Waals surface area (Å²) < 4.78 is -0.198. The second-order valence-corrected chi connectivity index (χ2v) is 6.39. The number of quaternary nitrogens is 1. The van der Waals surface area contributed by atoms with Crippen molar-refractivity contribution in [2.45, 2.75) is 71.1 Å². The zero-order chi connectivity index (χ0) is 15.7. The maximum Gasteiger partial charge on any atom is 0.450 e. The Morgan fingerprint density at radius 3 is 1.86 bits per heavy atom. The molecule has 122 valence electrons.